The molecular weight excluding hydrogens is 288 g/mol. The van der Waals surface area contributed by atoms with Crippen molar-refractivity contribution in [3.05, 3.63) is 24.3 Å². The number of rotatable bonds is 5. The van der Waals surface area contributed by atoms with Crippen molar-refractivity contribution < 1.29 is 9.53 Å². The van der Waals surface area contributed by atoms with Crippen molar-refractivity contribution >= 4 is 24.0 Å². The summed E-state index contributed by atoms with van der Waals surface area (Å²) in [4.78, 5) is 12.2. The van der Waals surface area contributed by atoms with Crippen LogP contribution in [0.1, 0.15) is 33.1 Å². The van der Waals surface area contributed by atoms with Crippen LogP contribution in [0.4, 0.5) is 5.69 Å². The zero-order valence-electron chi connectivity index (χ0n) is 12.7. The van der Waals surface area contributed by atoms with E-state index in [0.29, 0.717) is 12.5 Å². The predicted molar refractivity (Wildman–Crippen MR) is 88.0 cm³/mol. The van der Waals surface area contributed by atoms with Gasteiger partial charge in [0.2, 0.25) is 5.91 Å². The third-order valence-electron chi connectivity index (χ3n) is 3.56. The second kappa shape index (κ2) is 8.25. The summed E-state index contributed by atoms with van der Waals surface area (Å²) in [6.45, 7) is 4.84. The van der Waals surface area contributed by atoms with Crippen LogP contribution in [0, 0.1) is 11.8 Å². The summed E-state index contributed by atoms with van der Waals surface area (Å²) >= 11 is 0. The minimum atomic E-state index is 0. The summed E-state index contributed by atoms with van der Waals surface area (Å²) in [5.74, 6) is 1.27. The van der Waals surface area contributed by atoms with E-state index < -0.39 is 0 Å². The maximum Gasteiger partial charge on any atom is 0.227 e. The average Bonchev–Trinajstić information content (AvgIpc) is 2.84. The van der Waals surface area contributed by atoms with E-state index in [4.69, 9.17) is 10.5 Å². The molecule has 1 fully saturated rings. The van der Waals surface area contributed by atoms with E-state index in [1.807, 2.05) is 24.3 Å². The first-order valence-corrected chi connectivity index (χ1v) is 7.34. The summed E-state index contributed by atoms with van der Waals surface area (Å²) in [7, 11) is 0. The monoisotopic (exact) mass is 312 g/mol. The third-order valence-corrected chi connectivity index (χ3v) is 3.56. The lowest BCUT2D eigenvalue weighted by Gasteiger charge is -2.15. The molecule has 1 aliphatic rings. The van der Waals surface area contributed by atoms with E-state index in [-0.39, 0.29) is 30.3 Å². The number of amides is 1. The number of hydrogen-bond acceptors (Lipinski definition) is 3. The topological polar surface area (TPSA) is 64.3 Å². The number of anilines is 1. The van der Waals surface area contributed by atoms with Crippen LogP contribution in [-0.2, 0) is 4.79 Å². The van der Waals surface area contributed by atoms with E-state index in [0.717, 1.165) is 30.7 Å². The van der Waals surface area contributed by atoms with Crippen LogP contribution in [0.2, 0.25) is 0 Å². The molecule has 0 aromatic heterocycles. The Kier molecular flexibility index (Phi) is 6.99. The molecule has 21 heavy (non-hydrogen) atoms. The highest BCUT2D eigenvalue weighted by atomic mass is 35.5. The molecule has 4 nitrogen and oxygen atoms in total. The maximum atomic E-state index is 12.2. The smallest absolute Gasteiger partial charge is 0.227 e. The van der Waals surface area contributed by atoms with Gasteiger partial charge in [-0.05, 0) is 37.3 Å². The molecule has 1 saturated carbocycles. The fourth-order valence-electron chi connectivity index (χ4n) is 2.44. The van der Waals surface area contributed by atoms with Gasteiger partial charge in [-0.15, -0.1) is 12.4 Å². The van der Waals surface area contributed by atoms with Crippen LogP contribution in [0.5, 0.6) is 5.75 Å². The lowest BCUT2D eigenvalue weighted by molar-refractivity contribution is -0.119. The first kappa shape index (κ1) is 17.8. The zero-order valence-corrected chi connectivity index (χ0v) is 13.5. The molecule has 0 bridgehead atoms. The molecule has 5 heteroatoms. The van der Waals surface area contributed by atoms with E-state index in [1.54, 1.807) is 0 Å². The number of carbonyl (C=O) groups is 1. The van der Waals surface area contributed by atoms with Crippen LogP contribution in [-0.4, -0.2) is 18.6 Å². The second-order valence-electron chi connectivity index (χ2n) is 5.96. The quantitative estimate of drug-likeness (QED) is 0.877. The molecule has 0 saturated heterocycles. The highest BCUT2D eigenvalue weighted by Gasteiger charge is 2.28. The Bertz CT molecular complexity index is 465. The average molecular weight is 313 g/mol. The number of benzene rings is 1. The van der Waals surface area contributed by atoms with E-state index in [9.17, 15) is 4.79 Å². The number of ether oxygens (including phenoxy) is 1. The van der Waals surface area contributed by atoms with Gasteiger partial charge in [-0.2, -0.15) is 0 Å². The minimum Gasteiger partial charge on any atom is -0.491 e. The van der Waals surface area contributed by atoms with Crippen LogP contribution < -0.4 is 15.8 Å². The van der Waals surface area contributed by atoms with E-state index >= 15 is 0 Å². The largest absolute Gasteiger partial charge is 0.491 e. The van der Waals surface area contributed by atoms with Crippen LogP contribution in [0.25, 0.3) is 0 Å². The van der Waals surface area contributed by atoms with Gasteiger partial charge < -0.3 is 15.8 Å². The Morgan fingerprint density at radius 1 is 1.38 bits per heavy atom. The molecule has 1 aromatic carbocycles. The Balaban J connectivity index is 0.00000220. The summed E-state index contributed by atoms with van der Waals surface area (Å²) in [5.41, 5.74) is 6.61. The highest BCUT2D eigenvalue weighted by molar-refractivity contribution is 5.94. The Morgan fingerprint density at radius 3 is 2.71 bits per heavy atom. The standard InChI is InChI=1S/C16H24N2O2.ClH/c1-11(2)10-20-15-6-4-3-5-14(15)18-16(19)12-7-8-13(17)9-12;/h3-6,11-13H,7-10,17H2,1-2H3,(H,18,19);1H. The molecule has 2 atom stereocenters. The summed E-state index contributed by atoms with van der Waals surface area (Å²) < 4.78 is 5.74. The second-order valence-corrected chi connectivity index (χ2v) is 5.96. The van der Waals surface area contributed by atoms with Gasteiger partial charge in [0, 0.05) is 12.0 Å². The zero-order chi connectivity index (χ0) is 14.5. The first-order valence-electron chi connectivity index (χ1n) is 7.34. The number of nitrogens with two attached hydrogens (primary N) is 1. The number of carbonyl (C=O) groups excluding carboxylic acids is 1. The molecule has 2 unspecified atom stereocenters. The molecule has 0 aliphatic heterocycles. The minimum absolute atomic E-state index is 0. The van der Waals surface area contributed by atoms with Crippen molar-refractivity contribution in [3.63, 3.8) is 0 Å². The molecule has 2 rings (SSSR count). The fourth-order valence-corrected chi connectivity index (χ4v) is 2.44. The number of hydrogen-bond donors (Lipinski definition) is 2. The predicted octanol–water partition coefficient (Wildman–Crippen LogP) is 3.21. The normalized spacial score (nSPS) is 21.0. The van der Waals surface area contributed by atoms with Gasteiger partial charge in [-0.1, -0.05) is 26.0 Å². The summed E-state index contributed by atoms with van der Waals surface area (Å²) in [5, 5.41) is 2.98. The molecule has 3 N–H and O–H groups in total. The summed E-state index contributed by atoms with van der Waals surface area (Å²) in [6.07, 6.45) is 2.59. The molecule has 0 spiro atoms. The van der Waals surface area contributed by atoms with Gasteiger partial charge in [0.25, 0.3) is 0 Å². The Labute approximate surface area is 132 Å². The summed E-state index contributed by atoms with van der Waals surface area (Å²) in [6, 6.07) is 7.74. The van der Waals surface area contributed by atoms with Gasteiger partial charge in [0.05, 0.1) is 12.3 Å². The van der Waals surface area contributed by atoms with Gasteiger partial charge >= 0.3 is 0 Å². The third kappa shape index (κ3) is 5.21. The van der Waals surface area contributed by atoms with E-state index in [2.05, 4.69) is 19.2 Å². The molecule has 1 aliphatic carbocycles. The maximum absolute atomic E-state index is 12.2. The van der Waals surface area contributed by atoms with Crippen molar-refractivity contribution in [2.24, 2.45) is 17.6 Å². The van der Waals surface area contributed by atoms with Crippen LogP contribution in [0.3, 0.4) is 0 Å². The molecule has 1 amide bonds. The van der Waals surface area contributed by atoms with Gasteiger partial charge in [-0.3, -0.25) is 4.79 Å². The molecule has 1 aromatic rings. The number of halogens is 1. The lowest BCUT2D eigenvalue weighted by Crippen LogP contribution is -2.23. The van der Waals surface area contributed by atoms with Crippen molar-refractivity contribution in [2.45, 2.75) is 39.2 Å². The number of para-hydroxylation sites is 2. The highest BCUT2D eigenvalue weighted by Crippen LogP contribution is 2.28. The van der Waals surface area contributed by atoms with E-state index in [1.165, 1.54) is 0 Å². The number of nitrogens with one attached hydrogen (secondary N) is 1. The van der Waals surface area contributed by atoms with Crippen LogP contribution in [0.15, 0.2) is 24.3 Å². The molecule has 0 heterocycles. The van der Waals surface area contributed by atoms with Gasteiger partial charge in [-0.25, -0.2) is 0 Å². The fraction of sp³-hybridized carbons (Fsp3) is 0.562. The Morgan fingerprint density at radius 2 is 2.10 bits per heavy atom. The Hall–Kier alpha value is -1.26. The lowest BCUT2D eigenvalue weighted by atomic mass is 10.1. The SMILES string of the molecule is CC(C)COc1ccccc1NC(=O)C1CCC(N)C1.Cl. The van der Waals surface area contributed by atoms with Crippen molar-refractivity contribution in [1.82, 2.24) is 0 Å². The van der Waals surface area contributed by atoms with Crippen molar-refractivity contribution in [2.75, 3.05) is 11.9 Å². The van der Waals surface area contributed by atoms with Crippen LogP contribution >= 0.6 is 12.4 Å². The molecule has 0 radical (unpaired) electrons. The van der Waals surface area contributed by atoms with Crippen molar-refractivity contribution in [1.29, 1.82) is 0 Å². The molecular formula is C16H25ClN2O2. The van der Waals surface area contributed by atoms with Crippen molar-refractivity contribution in [3.8, 4) is 5.75 Å². The van der Waals surface area contributed by atoms with Gasteiger partial charge in [0.1, 0.15) is 5.75 Å². The molecule has 118 valence electrons. The first-order chi connectivity index (χ1) is 9.56. The van der Waals surface area contributed by atoms with Gasteiger partial charge in [0.15, 0.2) is 0 Å².